The highest BCUT2D eigenvalue weighted by molar-refractivity contribution is 5.98. The number of aryl methyl sites for hydroxylation is 1. The van der Waals surface area contributed by atoms with Crippen LogP contribution < -0.4 is 0 Å². The number of hydrogen-bond acceptors (Lipinski definition) is 5. The summed E-state index contributed by atoms with van der Waals surface area (Å²) in [5.41, 5.74) is 0.799. The topological polar surface area (TPSA) is 81.5 Å². The van der Waals surface area contributed by atoms with Gasteiger partial charge in [0.1, 0.15) is 5.56 Å². The molecule has 108 valence electrons. The molecule has 1 aromatic rings. The predicted octanol–water partition coefficient (Wildman–Crippen LogP) is 0.636. The van der Waals surface area contributed by atoms with Gasteiger partial charge >= 0.3 is 5.97 Å². The molecule has 7 nitrogen and oxygen atoms in total. The van der Waals surface area contributed by atoms with Gasteiger partial charge in [-0.25, -0.2) is 4.79 Å². The lowest BCUT2D eigenvalue weighted by Gasteiger charge is -2.25. The maximum atomic E-state index is 11.8. The SMILES string of the molecule is CCOC(=O)c1cnn(C)c1CN1C(=O)CCCC1=O. The first-order chi connectivity index (χ1) is 9.54. The van der Waals surface area contributed by atoms with E-state index in [0.717, 1.165) is 0 Å². The molecule has 1 saturated heterocycles. The zero-order valence-electron chi connectivity index (χ0n) is 11.6. The number of amides is 2. The molecular formula is C13H17N3O4. The van der Waals surface area contributed by atoms with Crippen LogP contribution in [0.1, 0.15) is 42.2 Å². The molecule has 1 aromatic heterocycles. The fraction of sp³-hybridized carbons (Fsp3) is 0.538. The van der Waals surface area contributed by atoms with Gasteiger partial charge in [0.05, 0.1) is 25.0 Å². The normalized spacial score (nSPS) is 15.6. The van der Waals surface area contributed by atoms with E-state index in [1.165, 1.54) is 15.8 Å². The van der Waals surface area contributed by atoms with Crippen LogP contribution in [0.5, 0.6) is 0 Å². The summed E-state index contributed by atoms with van der Waals surface area (Å²) in [6, 6.07) is 0. The molecule has 0 unspecified atom stereocenters. The number of imide groups is 1. The Morgan fingerprint density at radius 1 is 1.35 bits per heavy atom. The molecule has 2 amide bonds. The van der Waals surface area contributed by atoms with E-state index in [0.29, 0.717) is 30.5 Å². The standard InChI is InChI=1S/C13H17N3O4/c1-3-20-13(19)9-7-14-15(2)10(9)8-16-11(17)5-4-6-12(16)18/h7H,3-6,8H2,1-2H3. The Morgan fingerprint density at radius 3 is 2.60 bits per heavy atom. The minimum Gasteiger partial charge on any atom is -0.462 e. The summed E-state index contributed by atoms with van der Waals surface area (Å²) in [6.07, 6.45) is 2.70. The van der Waals surface area contributed by atoms with Gasteiger partial charge in [0.25, 0.3) is 0 Å². The number of hydrogen-bond donors (Lipinski definition) is 0. The van der Waals surface area contributed by atoms with Gasteiger partial charge in [-0.15, -0.1) is 0 Å². The van der Waals surface area contributed by atoms with E-state index in [4.69, 9.17) is 4.74 Å². The Labute approximate surface area is 116 Å². The molecule has 0 spiro atoms. The second-order valence-electron chi connectivity index (χ2n) is 4.58. The van der Waals surface area contributed by atoms with Crippen LogP contribution in [0.4, 0.5) is 0 Å². The van der Waals surface area contributed by atoms with Crippen LogP contribution in [0.15, 0.2) is 6.20 Å². The van der Waals surface area contributed by atoms with Gasteiger partial charge in [0.2, 0.25) is 11.8 Å². The van der Waals surface area contributed by atoms with Crippen molar-refractivity contribution in [2.24, 2.45) is 7.05 Å². The van der Waals surface area contributed by atoms with Crippen molar-refractivity contribution in [1.82, 2.24) is 14.7 Å². The third-order valence-electron chi connectivity index (χ3n) is 3.25. The summed E-state index contributed by atoms with van der Waals surface area (Å²) < 4.78 is 6.43. The molecule has 0 N–H and O–H groups in total. The lowest BCUT2D eigenvalue weighted by Crippen LogP contribution is -2.40. The number of ether oxygens (including phenoxy) is 1. The number of carbonyl (C=O) groups excluding carboxylic acids is 3. The highest BCUT2D eigenvalue weighted by Gasteiger charge is 2.29. The Balaban J connectivity index is 2.24. The first-order valence-electron chi connectivity index (χ1n) is 6.55. The molecule has 0 bridgehead atoms. The Morgan fingerprint density at radius 2 is 2.00 bits per heavy atom. The van der Waals surface area contributed by atoms with Crippen molar-refractivity contribution in [3.63, 3.8) is 0 Å². The molecule has 0 aliphatic carbocycles. The van der Waals surface area contributed by atoms with Gasteiger partial charge in [0, 0.05) is 19.9 Å². The van der Waals surface area contributed by atoms with E-state index in [1.54, 1.807) is 14.0 Å². The van der Waals surface area contributed by atoms with Gasteiger partial charge in [-0.2, -0.15) is 5.10 Å². The van der Waals surface area contributed by atoms with Crippen molar-refractivity contribution in [1.29, 1.82) is 0 Å². The second kappa shape index (κ2) is 5.85. The van der Waals surface area contributed by atoms with E-state index >= 15 is 0 Å². The van der Waals surface area contributed by atoms with Crippen molar-refractivity contribution >= 4 is 17.8 Å². The Kier molecular flexibility index (Phi) is 4.16. The maximum Gasteiger partial charge on any atom is 0.341 e. The number of piperidine rings is 1. The van der Waals surface area contributed by atoms with E-state index in [2.05, 4.69) is 5.10 Å². The first-order valence-corrected chi connectivity index (χ1v) is 6.55. The van der Waals surface area contributed by atoms with Crippen LogP contribution in [-0.2, 0) is 27.9 Å². The molecule has 0 aromatic carbocycles. The van der Waals surface area contributed by atoms with E-state index < -0.39 is 5.97 Å². The summed E-state index contributed by atoms with van der Waals surface area (Å²) in [4.78, 5) is 36.6. The van der Waals surface area contributed by atoms with Crippen LogP contribution in [0.2, 0.25) is 0 Å². The average molecular weight is 279 g/mol. The van der Waals surface area contributed by atoms with Crippen molar-refractivity contribution in [3.05, 3.63) is 17.5 Å². The lowest BCUT2D eigenvalue weighted by atomic mass is 10.1. The molecule has 2 rings (SSSR count). The summed E-state index contributed by atoms with van der Waals surface area (Å²) >= 11 is 0. The second-order valence-corrected chi connectivity index (χ2v) is 4.58. The monoisotopic (exact) mass is 279 g/mol. The van der Waals surface area contributed by atoms with Crippen LogP contribution in [0, 0.1) is 0 Å². The molecule has 1 aliphatic heterocycles. The largest absolute Gasteiger partial charge is 0.462 e. The molecule has 0 atom stereocenters. The smallest absolute Gasteiger partial charge is 0.341 e. The molecular weight excluding hydrogens is 262 g/mol. The Hall–Kier alpha value is -2.18. The van der Waals surface area contributed by atoms with Crippen molar-refractivity contribution < 1.29 is 19.1 Å². The maximum absolute atomic E-state index is 11.8. The minimum atomic E-state index is -0.493. The highest BCUT2D eigenvalue weighted by atomic mass is 16.5. The summed E-state index contributed by atoms with van der Waals surface area (Å²) in [6.45, 7) is 2.03. The van der Waals surface area contributed by atoms with E-state index in [9.17, 15) is 14.4 Å². The van der Waals surface area contributed by atoms with Crippen molar-refractivity contribution in [2.45, 2.75) is 32.7 Å². The summed E-state index contributed by atoms with van der Waals surface area (Å²) in [7, 11) is 1.66. The predicted molar refractivity (Wildman–Crippen MR) is 68.6 cm³/mol. The Bertz CT molecular complexity index is 534. The first kappa shape index (κ1) is 14.2. The van der Waals surface area contributed by atoms with Gasteiger partial charge in [-0.1, -0.05) is 0 Å². The number of rotatable bonds is 4. The fourth-order valence-electron chi connectivity index (χ4n) is 2.16. The average Bonchev–Trinajstić information content (AvgIpc) is 2.76. The summed E-state index contributed by atoms with van der Waals surface area (Å²) in [5.74, 6) is -0.915. The molecule has 2 heterocycles. The van der Waals surface area contributed by atoms with Crippen LogP contribution in [0.25, 0.3) is 0 Å². The minimum absolute atomic E-state index is 0.0579. The number of likely N-dealkylation sites (tertiary alicyclic amines) is 1. The molecule has 20 heavy (non-hydrogen) atoms. The van der Waals surface area contributed by atoms with Gasteiger partial charge in [0.15, 0.2) is 0 Å². The van der Waals surface area contributed by atoms with Gasteiger partial charge in [-0.3, -0.25) is 19.2 Å². The molecule has 0 radical (unpaired) electrons. The lowest BCUT2D eigenvalue weighted by molar-refractivity contribution is -0.148. The molecule has 0 saturated carbocycles. The molecule has 1 fully saturated rings. The van der Waals surface area contributed by atoms with Gasteiger partial charge < -0.3 is 4.74 Å². The van der Waals surface area contributed by atoms with E-state index in [1.807, 2.05) is 0 Å². The zero-order chi connectivity index (χ0) is 14.7. The van der Waals surface area contributed by atoms with Crippen LogP contribution in [0.3, 0.4) is 0 Å². The third-order valence-corrected chi connectivity index (χ3v) is 3.25. The quantitative estimate of drug-likeness (QED) is 0.596. The van der Waals surface area contributed by atoms with Crippen molar-refractivity contribution in [3.8, 4) is 0 Å². The van der Waals surface area contributed by atoms with E-state index in [-0.39, 0.29) is 25.0 Å². The summed E-state index contributed by atoms with van der Waals surface area (Å²) in [5, 5.41) is 4.00. The molecule has 1 aliphatic rings. The van der Waals surface area contributed by atoms with Crippen LogP contribution in [-0.4, -0.2) is 39.1 Å². The number of carbonyl (C=O) groups is 3. The number of nitrogens with zero attached hydrogens (tertiary/aromatic N) is 3. The van der Waals surface area contributed by atoms with Gasteiger partial charge in [-0.05, 0) is 13.3 Å². The van der Waals surface area contributed by atoms with Crippen LogP contribution >= 0.6 is 0 Å². The molecule has 7 heteroatoms. The van der Waals surface area contributed by atoms with Crippen molar-refractivity contribution in [2.75, 3.05) is 6.61 Å². The zero-order valence-corrected chi connectivity index (χ0v) is 11.6. The number of esters is 1. The fourth-order valence-corrected chi connectivity index (χ4v) is 2.16. The third kappa shape index (κ3) is 2.71. The number of aromatic nitrogens is 2. The highest BCUT2D eigenvalue weighted by Crippen LogP contribution is 2.18.